The smallest absolute Gasteiger partial charge is 0.338 e. The largest absolute Gasteiger partial charge is 0.478 e. The number of hydrogen-bond acceptors (Lipinski definition) is 2. The highest BCUT2D eigenvalue weighted by atomic mass is 19.1. The zero-order chi connectivity index (χ0) is 13.3. The van der Waals surface area contributed by atoms with E-state index >= 15 is 0 Å². The van der Waals surface area contributed by atoms with Gasteiger partial charge in [0.15, 0.2) is 0 Å². The van der Waals surface area contributed by atoms with E-state index in [0.29, 0.717) is 12.1 Å². The van der Waals surface area contributed by atoms with E-state index in [0.717, 1.165) is 24.9 Å². The van der Waals surface area contributed by atoms with E-state index in [1.54, 1.807) is 6.07 Å². The lowest BCUT2D eigenvalue weighted by molar-refractivity contribution is 0.0692. The van der Waals surface area contributed by atoms with Gasteiger partial charge in [-0.05, 0) is 44.4 Å². The normalized spacial score (nSPS) is 23.4. The Bertz CT molecular complexity index is 461. The molecule has 1 aliphatic heterocycles. The van der Waals surface area contributed by atoms with E-state index in [9.17, 15) is 9.18 Å². The molecule has 2 unspecified atom stereocenters. The summed E-state index contributed by atoms with van der Waals surface area (Å²) < 4.78 is 13.7. The quantitative estimate of drug-likeness (QED) is 0.896. The molecule has 0 bridgehead atoms. The van der Waals surface area contributed by atoms with Crippen molar-refractivity contribution < 1.29 is 14.3 Å². The first-order valence-corrected chi connectivity index (χ1v) is 6.35. The first-order valence-electron chi connectivity index (χ1n) is 6.35. The number of anilines is 1. The first-order chi connectivity index (χ1) is 8.54. The third-order valence-corrected chi connectivity index (χ3v) is 3.74. The Morgan fingerprint density at radius 2 is 2.22 bits per heavy atom. The minimum absolute atomic E-state index is 0.265. The van der Waals surface area contributed by atoms with E-state index in [-0.39, 0.29) is 5.56 Å². The number of carboxylic acid groups (broad SMARTS) is 1. The Morgan fingerprint density at radius 1 is 1.50 bits per heavy atom. The monoisotopic (exact) mass is 251 g/mol. The number of nitrogens with zero attached hydrogens (tertiary/aromatic N) is 1. The van der Waals surface area contributed by atoms with Crippen LogP contribution in [0.2, 0.25) is 0 Å². The van der Waals surface area contributed by atoms with Crippen molar-refractivity contribution in [3.8, 4) is 0 Å². The first kappa shape index (κ1) is 12.9. The molecule has 1 aromatic rings. The van der Waals surface area contributed by atoms with E-state index in [4.69, 9.17) is 5.11 Å². The molecular weight excluding hydrogens is 233 g/mol. The number of carboxylic acids is 1. The number of halogens is 1. The molecule has 0 radical (unpaired) electrons. The summed E-state index contributed by atoms with van der Waals surface area (Å²) in [6.45, 7) is 4.25. The van der Waals surface area contributed by atoms with Crippen molar-refractivity contribution >= 4 is 11.7 Å². The van der Waals surface area contributed by atoms with Gasteiger partial charge in [-0.2, -0.15) is 0 Å². The second-order valence-corrected chi connectivity index (χ2v) is 4.87. The summed E-state index contributed by atoms with van der Waals surface area (Å²) in [7, 11) is 0. The number of benzene rings is 1. The zero-order valence-corrected chi connectivity index (χ0v) is 10.7. The van der Waals surface area contributed by atoms with E-state index in [2.05, 4.69) is 18.7 Å². The fourth-order valence-corrected chi connectivity index (χ4v) is 2.78. The van der Waals surface area contributed by atoms with Gasteiger partial charge in [0.1, 0.15) is 5.82 Å². The lowest BCUT2D eigenvalue weighted by Gasteiger charge is -2.30. The van der Waals surface area contributed by atoms with Crippen molar-refractivity contribution in [2.75, 3.05) is 4.90 Å². The van der Waals surface area contributed by atoms with Crippen LogP contribution in [-0.4, -0.2) is 23.2 Å². The van der Waals surface area contributed by atoms with Crippen molar-refractivity contribution in [1.29, 1.82) is 0 Å². The third kappa shape index (κ3) is 2.19. The number of carbonyl (C=O) groups is 1. The minimum atomic E-state index is -1.22. The number of aromatic carboxylic acids is 1. The lowest BCUT2D eigenvalue weighted by atomic mass is 10.1. The molecule has 1 saturated heterocycles. The molecule has 2 rings (SSSR count). The van der Waals surface area contributed by atoms with Crippen LogP contribution in [0.25, 0.3) is 0 Å². The topological polar surface area (TPSA) is 40.5 Å². The molecule has 18 heavy (non-hydrogen) atoms. The van der Waals surface area contributed by atoms with Gasteiger partial charge in [0.05, 0.1) is 5.56 Å². The average molecular weight is 251 g/mol. The number of hydrogen-bond donors (Lipinski definition) is 1. The maximum Gasteiger partial charge on any atom is 0.338 e. The van der Waals surface area contributed by atoms with E-state index < -0.39 is 11.8 Å². The molecule has 2 atom stereocenters. The summed E-state index contributed by atoms with van der Waals surface area (Å²) in [5.74, 6) is -1.88. The molecule has 0 spiro atoms. The van der Waals surface area contributed by atoms with Gasteiger partial charge in [-0.15, -0.1) is 0 Å². The SMILES string of the molecule is CCC1CCC(C)N1c1ccc(C(=O)O)c(F)c1. The highest BCUT2D eigenvalue weighted by Gasteiger charge is 2.29. The molecule has 0 saturated carbocycles. The predicted octanol–water partition coefficient (Wildman–Crippen LogP) is 3.29. The molecule has 1 aliphatic rings. The summed E-state index contributed by atoms with van der Waals surface area (Å²) >= 11 is 0. The summed E-state index contributed by atoms with van der Waals surface area (Å²) in [6, 6.07) is 5.20. The lowest BCUT2D eigenvalue weighted by Crippen LogP contribution is -2.34. The Hall–Kier alpha value is -1.58. The van der Waals surface area contributed by atoms with Crippen molar-refractivity contribution in [2.45, 2.75) is 45.2 Å². The second-order valence-electron chi connectivity index (χ2n) is 4.87. The van der Waals surface area contributed by atoms with Gasteiger partial charge in [-0.25, -0.2) is 9.18 Å². The van der Waals surface area contributed by atoms with Crippen molar-refractivity contribution in [3.63, 3.8) is 0 Å². The van der Waals surface area contributed by atoms with Gasteiger partial charge in [0.25, 0.3) is 0 Å². The standard InChI is InChI=1S/C14H18FNO2/c1-3-10-5-4-9(2)16(10)11-6-7-12(14(17)18)13(15)8-11/h6-10H,3-5H2,1-2H3,(H,17,18). The van der Waals surface area contributed by atoms with Gasteiger partial charge in [0.2, 0.25) is 0 Å². The second kappa shape index (κ2) is 4.96. The summed E-state index contributed by atoms with van der Waals surface area (Å²) in [4.78, 5) is 13.0. The Kier molecular flexibility index (Phi) is 3.55. The average Bonchev–Trinajstić information content (AvgIpc) is 2.69. The van der Waals surface area contributed by atoms with E-state index in [1.165, 1.54) is 12.1 Å². The Morgan fingerprint density at radius 3 is 2.78 bits per heavy atom. The van der Waals surface area contributed by atoms with Crippen molar-refractivity contribution in [1.82, 2.24) is 0 Å². The Balaban J connectivity index is 2.33. The van der Waals surface area contributed by atoms with Crippen LogP contribution < -0.4 is 4.90 Å². The highest BCUT2D eigenvalue weighted by Crippen LogP contribution is 2.32. The molecule has 3 nitrogen and oxygen atoms in total. The van der Waals surface area contributed by atoms with Gasteiger partial charge in [-0.1, -0.05) is 6.92 Å². The maximum absolute atomic E-state index is 13.7. The highest BCUT2D eigenvalue weighted by molar-refractivity contribution is 5.88. The summed E-state index contributed by atoms with van der Waals surface area (Å²) in [6.07, 6.45) is 3.23. The molecule has 4 heteroatoms. The molecule has 98 valence electrons. The van der Waals surface area contributed by atoms with Crippen LogP contribution in [0.5, 0.6) is 0 Å². The predicted molar refractivity (Wildman–Crippen MR) is 68.6 cm³/mol. The van der Waals surface area contributed by atoms with E-state index in [1.807, 2.05) is 0 Å². The zero-order valence-electron chi connectivity index (χ0n) is 10.7. The van der Waals surface area contributed by atoms with Gasteiger partial charge >= 0.3 is 5.97 Å². The molecule has 0 aromatic heterocycles. The third-order valence-electron chi connectivity index (χ3n) is 3.74. The van der Waals surface area contributed by atoms with Crippen LogP contribution in [0.1, 0.15) is 43.5 Å². The minimum Gasteiger partial charge on any atom is -0.478 e. The van der Waals surface area contributed by atoms with Crippen LogP contribution in [0.3, 0.4) is 0 Å². The van der Waals surface area contributed by atoms with Crippen molar-refractivity contribution in [3.05, 3.63) is 29.6 Å². The molecule has 1 heterocycles. The van der Waals surface area contributed by atoms with Crippen LogP contribution in [0.4, 0.5) is 10.1 Å². The molecule has 0 aliphatic carbocycles. The van der Waals surface area contributed by atoms with Gasteiger partial charge in [-0.3, -0.25) is 0 Å². The van der Waals surface area contributed by atoms with Gasteiger partial charge < -0.3 is 10.0 Å². The van der Waals surface area contributed by atoms with Gasteiger partial charge in [0, 0.05) is 17.8 Å². The molecule has 1 fully saturated rings. The van der Waals surface area contributed by atoms with Crippen LogP contribution in [0.15, 0.2) is 18.2 Å². The summed E-state index contributed by atoms with van der Waals surface area (Å²) in [5.41, 5.74) is 0.521. The fourth-order valence-electron chi connectivity index (χ4n) is 2.78. The molecule has 0 amide bonds. The fraction of sp³-hybridized carbons (Fsp3) is 0.500. The van der Waals surface area contributed by atoms with Crippen LogP contribution in [-0.2, 0) is 0 Å². The molecule has 1 N–H and O–H groups in total. The van der Waals surface area contributed by atoms with Crippen molar-refractivity contribution in [2.24, 2.45) is 0 Å². The Labute approximate surface area is 106 Å². The van der Waals surface area contributed by atoms with Crippen LogP contribution >= 0.6 is 0 Å². The maximum atomic E-state index is 13.7. The number of rotatable bonds is 3. The van der Waals surface area contributed by atoms with Crippen LogP contribution in [0, 0.1) is 5.82 Å². The molecular formula is C14H18FNO2. The summed E-state index contributed by atoms with van der Waals surface area (Å²) in [5, 5.41) is 8.82. The molecule has 1 aromatic carbocycles.